The van der Waals surface area contributed by atoms with Gasteiger partial charge in [0.05, 0.1) is 23.6 Å². The molecule has 4 rings (SSSR count). The quantitative estimate of drug-likeness (QED) is 0.818. The highest BCUT2D eigenvalue weighted by molar-refractivity contribution is 7.91. The van der Waals surface area contributed by atoms with Gasteiger partial charge in [0.2, 0.25) is 0 Å². The van der Waals surface area contributed by atoms with Crippen molar-refractivity contribution >= 4 is 9.84 Å². The third-order valence-electron chi connectivity index (χ3n) is 5.47. The van der Waals surface area contributed by atoms with Crippen LogP contribution in [0.3, 0.4) is 0 Å². The standard InChI is InChI=1S/C19H23FN2O3S/c1-2-21-9-10-22(18-13-26(23,24)12-17(18)21)11-14-7-8-19(25-14)15-5-3-4-6-16(15)20/h3-8,17-18H,2,9-13H2,1H3. The molecule has 2 saturated heterocycles. The smallest absolute Gasteiger partial charge is 0.153 e. The van der Waals surface area contributed by atoms with Gasteiger partial charge in [0.25, 0.3) is 0 Å². The van der Waals surface area contributed by atoms with E-state index in [-0.39, 0.29) is 29.4 Å². The lowest BCUT2D eigenvalue weighted by atomic mass is 10.0. The van der Waals surface area contributed by atoms with E-state index in [0.29, 0.717) is 17.9 Å². The summed E-state index contributed by atoms with van der Waals surface area (Å²) < 4.78 is 44.1. The molecular weight excluding hydrogens is 355 g/mol. The molecule has 140 valence electrons. The third kappa shape index (κ3) is 3.31. The number of hydrogen-bond acceptors (Lipinski definition) is 5. The van der Waals surface area contributed by atoms with Crippen molar-refractivity contribution in [3.63, 3.8) is 0 Å². The molecule has 2 aliphatic heterocycles. The van der Waals surface area contributed by atoms with Crippen LogP contribution in [0, 0.1) is 5.82 Å². The Morgan fingerprint density at radius 3 is 2.50 bits per heavy atom. The van der Waals surface area contributed by atoms with Crippen molar-refractivity contribution in [3.05, 3.63) is 48.0 Å². The van der Waals surface area contributed by atoms with Crippen molar-refractivity contribution in [3.8, 4) is 11.3 Å². The molecule has 0 amide bonds. The summed E-state index contributed by atoms with van der Waals surface area (Å²) >= 11 is 0. The van der Waals surface area contributed by atoms with Gasteiger partial charge in [0, 0.05) is 25.2 Å². The van der Waals surface area contributed by atoms with E-state index in [2.05, 4.69) is 16.7 Å². The average Bonchev–Trinajstić information content (AvgIpc) is 3.19. The Labute approximate surface area is 153 Å². The van der Waals surface area contributed by atoms with E-state index in [9.17, 15) is 12.8 Å². The monoisotopic (exact) mass is 378 g/mol. The number of furan rings is 1. The predicted molar refractivity (Wildman–Crippen MR) is 98.0 cm³/mol. The summed E-state index contributed by atoms with van der Waals surface area (Å²) in [5, 5.41) is 0. The minimum Gasteiger partial charge on any atom is -0.460 e. The minimum absolute atomic E-state index is 0.00397. The van der Waals surface area contributed by atoms with E-state index in [0.717, 1.165) is 25.4 Å². The Kier molecular flexibility index (Phi) is 4.62. The summed E-state index contributed by atoms with van der Waals surface area (Å²) in [7, 11) is -3.00. The lowest BCUT2D eigenvalue weighted by molar-refractivity contribution is 0.0399. The van der Waals surface area contributed by atoms with Crippen LogP contribution in [0.4, 0.5) is 4.39 Å². The van der Waals surface area contributed by atoms with Gasteiger partial charge in [-0.25, -0.2) is 12.8 Å². The second-order valence-corrected chi connectivity index (χ2v) is 9.21. The van der Waals surface area contributed by atoms with E-state index < -0.39 is 9.84 Å². The Bertz CT molecular complexity index is 896. The Balaban J connectivity index is 1.54. The molecule has 0 N–H and O–H groups in total. The summed E-state index contributed by atoms with van der Waals surface area (Å²) in [4.78, 5) is 4.46. The van der Waals surface area contributed by atoms with Crippen LogP contribution in [0.2, 0.25) is 0 Å². The molecule has 3 heterocycles. The third-order valence-corrected chi connectivity index (χ3v) is 7.17. The Morgan fingerprint density at radius 2 is 1.77 bits per heavy atom. The highest BCUT2D eigenvalue weighted by Gasteiger charge is 2.46. The van der Waals surface area contributed by atoms with Crippen LogP contribution in [0.1, 0.15) is 12.7 Å². The molecule has 5 nitrogen and oxygen atoms in total. The maximum atomic E-state index is 13.9. The largest absolute Gasteiger partial charge is 0.460 e. The highest BCUT2D eigenvalue weighted by atomic mass is 32.2. The van der Waals surface area contributed by atoms with Crippen LogP contribution in [0.5, 0.6) is 0 Å². The number of fused-ring (bicyclic) bond motifs is 1. The number of rotatable bonds is 4. The molecule has 1 aromatic heterocycles. The Hall–Kier alpha value is -1.70. The molecule has 26 heavy (non-hydrogen) atoms. The van der Waals surface area contributed by atoms with Gasteiger partial charge in [-0.3, -0.25) is 9.80 Å². The summed E-state index contributed by atoms with van der Waals surface area (Å²) in [5.41, 5.74) is 0.441. The topological polar surface area (TPSA) is 53.8 Å². The highest BCUT2D eigenvalue weighted by Crippen LogP contribution is 2.30. The number of piperazine rings is 1. The van der Waals surface area contributed by atoms with E-state index in [1.807, 2.05) is 6.07 Å². The summed E-state index contributed by atoms with van der Waals surface area (Å²) in [6.45, 7) is 5.14. The first-order valence-electron chi connectivity index (χ1n) is 8.99. The number of sulfone groups is 1. The maximum absolute atomic E-state index is 13.9. The van der Waals surface area contributed by atoms with Gasteiger partial charge < -0.3 is 4.42 Å². The van der Waals surface area contributed by atoms with Crippen molar-refractivity contribution in [1.82, 2.24) is 9.80 Å². The molecule has 0 spiro atoms. The minimum atomic E-state index is -3.00. The van der Waals surface area contributed by atoms with Gasteiger partial charge in [-0.1, -0.05) is 19.1 Å². The van der Waals surface area contributed by atoms with Crippen molar-refractivity contribution < 1.29 is 17.2 Å². The van der Waals surface area contributed by atoms with Crippen LogP contribution in [0.25, 0.3) is 11.3 Å². The van der Waals surface area contributed by atoms with Gasteiger partial charge >= 0.3 is 0 Å². The van der Waals surface area contributed by atoms with Gasteiger partial charge in [0.15, 0.2) is 9.84 Å². The molecule has 2 aromatic rings. The predicted octanol–water partition coefficient (Wildman–Crippen LogP) is 2.39. The van der Waals surface area contributed by atoms with Crippen LogP contribution < -0.4 is 0 Å². The van der Waals surface area contributed by atoms with Crippen LogP contribution in [0.15, 0.2) is 40.8 Å². The van der Waals surface area contributed by atoms with Crippen molar-refractivity contribution in [2.45, 2.75) is 25.6 Å². The SMILES string of the molecule is CCN1CCN(Cc2ccc(-c3ccccc3F)o2)C2CS(=O)(=O)CC21. The summed E-state index contributed by atoms with van der Waals surface area (Å²) in [6, 6.07) is 10.2. The molecule has 0 radical (unpaired) electrons. The number of halogens is 1. The fraction of sp³-hybridized carbons (Fsp3) is 0.474. The van der Waals surface area contributed by atoms with Crippen molar-refractivity contribution in [1.29, 1.82) is 0 Å². The second-order valence-electron chi connectivity index (χ2n) is 7.06. The first kappa shape index (κ1) is 17.7. The van der Waals surface area contributed by atoms with Crippen LogP contribution in [-0.4, -0.2) is 61.4 Å². The average molecular weight is 378 g/mol. The second kappa shape index (κ2) is 6.79. The van der Waals surface area contributed by atoms with Gasteiger partial charge in [0.1, 0.15) is 17.3 Å². The maximum Gasteiger partial charge on any atom is 0.153 e. The molecule has 0 bridgehead atoms. The molecule has 2 aliphatic rings. The first-order chi connectivity index (χ1) is 12.5. The fourth-order valence-electron chi connectivity index (χ4n) is 4.15. The lowest BCUT2D eigenvalue weighted by Gasteiger charge is -2.43. The molecular formula is C19H23FN2O3S. The van der Waals surface area contributed by atoms with E-state index in [1.54, 1.807) is 24.3 Å². The van der Waals surface area contributed by atoms with Crippen molar-refractivity contribution in [2.24, 2.45) is 0 Å². The van der Waals surface area contributed by atoms with Crippen LogP contribution >= 0.6 is 0 Å². The molecule has 7 heteroatoms. The lowest BCUT2D eigenvalue weighted by Crippen LogP contribution is -2.58. The van der Waals surface area contributed by atoms with Gasteiger partial charge in [-0.2, -0.15) is 0 Å². The normalized spacial score (nSPS) is 26.1. The number of nitrogens with zero attached hydrogens (tertiary/aromatic N) is 2. The first-order valence-corrected chi connectivity index (χ1v) is 10.8. The van der Waals surface area contributed by atoms with Gasteiger partial charge in [-0.15, -0.1) is 0 Å². The summed E-state index contributed by atoms with van der Waals surface area (Å²) in [6.07, 6.45) is 0. The fourth-order valence-corrected chi connectivity index (χ4v) is 6.20. The number of benzene rings is 1. The molecule has 1 aromatic carbocycles. The van der Waals surface area contributed by atoms with E-state index in [1.165, 1.54) is 6.07 Å². The zero-order valence-corrected chi connectivity index (χ0v) is 15.6. The molecule has 2 atom stereocenters. The van der Waals surface area contributed by atoms with E-state index >= 15 is 0 Å². The molecule has 2 fully saturated rings. The molecule has 0 saturated carbocycles. The van der Waals surface area contributed by atoms with E-state index in [4.69, 9.17) is 4.42 Å². The van der Waals surface area contributed by atoms with Crippen molar-refractivity contribution in [2.75, 3.05) is 31.1 Å². The number of likely N-dealkylation sites (N-methyl/N-ethyl adjacent to an activating group) is 1. The van der Waals surface area contributed by atoms with Gasteiger partial charge in [-0.05, 0) is 30.8 Å². The Morgan fingerprint density at radius 1 is 1.08 bits per heavy atom. The molecule has 0 aliphatic carbocycles. The zero-order valence-electron chi connectivity index (χ0n) is 14.8. The molecule has 2 unspecified atom stereocenters. The number of hydrogen-bond donors (Lipinski definition) is 0. The zero-order chi connectivity index (χ0) is 18.3. The van der Waals surface area contributed by atoms with Crippen LogP contribution in [-0.2, 0) is 16.4 Å². The summed E-state index contributed by atoms with van der Waals surface area (Å²) in [5.74, 6) is 1.36.